The molecule has 136 valence electrons. The Morgan fingerprint density at radius 2 is 1.52 bits per heavy atom. The van der Waals surface area contributed by atoms with Crippen LogP contribution in [0, 0.1) is 5.41 Å². The van der Waals surface area contributed by atoms with Crippen LogP contribution in [0.4, 0.5) is 5.69 Å². The number of carbonyl (C=O) groups is 2. The number of anilines is 1. The normalized spacial score (nSPS) is 22.5. The van der Waals surface area contributed by atoms with Gasteiger partial charge in [0.05, 0.1) is 14.2 Å². The third kappa shape index (κ3) is 3.24. The number of carbonyl (C=O) groups excluding carboxylic acids is 2. The summed E-state index contributed by atoms with van der Waals surface area (Å²) in [5.74, 6) is -1.16. The summed E-state index contributed by atoms with van der Waals surface area (Å²) in [6.07, 6.45) is 6.64. The molecule has 25 heavy (non-hydrogen) atoms. The molecule has 1 unspecified atom stereocenters. The summed E-state index contributed by atoms with van der Waals surface area (Å²) >= 11 is 0. The van der Waals surface area contributed by atoms with Crippen LogP contribution in [-0.4, -0.2) is 39.2 Å². The summed E-state index contributed by atoms with van der Waals surface area (Å²) in [5, 5.41) is 0. The lowest BCUT2D eigenvalue weighted by atomic mass is 9.96. The Morgan fingerprint density at radius 3 is 2.12 bits per heavy atom. The van der Waals surface area contributed by atoms with E-state index < -0.39 is 17.4 Å². The lowest BCUT2D eigenvalue weighted by Crippen LogP contribution is -2.31. The van der Waals surface area contributed by atoms with Crippen LogP contribution in [0.1, 0.15) is 50.0 Å². The minimum atomic E-state index is -1.18. The molecule has 0 aromatic heterocycles. The predicted molar refractivity (Wildman–Crippen MR) is 95.6 cm³/mol. The van der Waals surface area contributed by atoms with Crippen LogP contribution in [0.25, 0.3) is 0 Å². The minimum absolute atomic E-state index is 0.172. The second-order valence-corrected chi connectivity index (χ2v) is 7.02. The average molecular weight is 345 g/mol. The van der Waals surface area contributed by atoms with E-state index in [-0.39, 0.29) is 5.92 Å². The maximum atomic E-state index is 12.3. The van der Waals surface area contributed by atoms with Crippen molar-refractivity contribution < 1.29 is 19.1 Å². The van der Waals surface area contributed by atoms with E-state index in [4.69, 9.17) is 9.47 Å². The van der Waals surface area contributed by atoms with Crippen molar-refractivity contribution in [2.75, 3.05) is 32.2 Å². The van der Waals surface area contributed by atoms with Gasteiger partial charge in [0, 0.05) is 24.7 Å². The summed E-state index contributed by atoms with van der Waals surface area (Å²) in [7, 11) is 2.65. The first kappa shape index (κ1) is 17.8. The highest BCUT2D eigenvalue weighted by atomic mass is 16.5. The van der Waals surface area contributed by atoms with Crippen molar-refractivity contribution in [1.82, 2.24) is 0 Å². The smallest absolute Gasteiger partial charge is 0.323 e. The number of ether oxygens (including phenoxy) is 2. The van der Waals surface area contributed by atoms with Gasteiger partial charge >= 0.3 is 11.9 Å². The summed E-state index contributed by atoms with van der Waals surface area (Å²) in [6, 6.07) is 8.14. The van der Waals surface area contributed by atoms with Gasteiger partial charge in [-0.1, -0.05) is 37.5 Å². The highest BCUT2D eigenvalue weighted by Gasteiger charge is 2.68. The van der Waals surface area contributed by atoms with Gasteiger partial charge < -0.3 is 14.4 Å². The van der Waals surface area contributed by atoms with Crippen LogP contribution in [0.5, 0.6) is 0 Å². The third-order valence-corrected chi connectivity index (χ3v) is 5.57. The van der Waals surface area contributed by atoms with Crippen molar-refractivity contribution in [2.24, 2.45) is 5.41 Å². The Balaban J connectivity index is 1.91. The molecule has 1 atom stereocenters. The minimum Gasteiger partial charge on any atom is -0.468 e. The summed E-state index contributed by atoms with van der Waals surface area (Å²) in [4.78, 5) is 27.1. The van der Waals surface area contributed by atoms with E-state index in [0.717, 1.165) is 24.3 Å². The Bertz CT molecular complexity index is 618. The average Bonchev–Trinajstić information content (AvgIpc) is 3.37. The van der Waals surface area contributed by atoms with E-state index in [1.807, 2.05) is 18.2 Å². The second-order valence-electron chi connectivity index (χ2n) is 7.02. The van der Waals surface area contributed by atoms with Crippen LogP contribution >= 0.6 is 0 Å². The number of nitrogens with zero attached hydrogens (tertiary/aromatic N) is 1. The van der Waals surface area contributed by atoms with Gasteiger partial charge in [-0.25, -0.2) is 0 Å². The molecule has 5 nitrogen and oxygen atoms in total. The molecule has 0 radical (unpaired) electrons. The van der Waals surface area contributed by atoms with Crippen LogP contribution in [0.3, 0.4) is 0 Å². The predicted octanol–water partition coefficient (Wildman–Crippen LogP) is 3.28. The maximum Gasteiger partial charge on any atom is 0.323 e. The van der Waals surface area contributed by atoms with E-state index in [9.17, 15) is 9.59 Å². The SMILES string of the molecule is COC(=O)C1(C(=O)OC)CC1c1ccccc1N1CCCCCCC1. The summed E-state index contributed by atoms with van der Waals surface area (Å²) in [6.45, 7) is 2.04. The third-order valence-electron chi connectivity index (χ3n) is 5.57. The molecular formula is C20H27NO4. The molecular weight excluding hydrogens is 318 g/mol. The zero-order valence-corrected chi connectivity index (χ0v) is 15.1. The van der Waals surface area contributed by atoms with Crippen molar-refractivity contribution in [1.29, 1.82) is 0 Å². The first-order valence-corrected chi connectivity index (χ1v) is 9.16. The van der Waals surface area contributed by atoms with E-state index in [2.05, 4.69) is 11.0 Å². The van der Waals surface area contributed by atoms with E-state index in [1.165, 1.54) is 46.3 Å². The summed E-state index contributed by atoms with van der Waals surface area (Å²) < 4.78 is 9.84. The lowest BCUT2D eigenvalue weighted by Gasteiger charge is -2.29. The Kier molecular flexibility index (Phi) is 5.30. The Morgan fingerprint density at radius 1 is 0.960 bits per heavy atom. The first-order valence-electron chi connectivity index (χ1n) is 9.16. The zero-order chi connectivity index (χ0) is 17.9. The fourth-order valence-electron chi connectivity index (χ4n) is 4.10. The van der Waals surface area contributed by atoms with Crippen molar-refractivity contribution in [3.05, 3.63) is 29.8 Å². The van der Waals surface area contributed by atoms with Gasteiger partial charge in [0.2, 0.25) is 0 Å². The molecule has 5 heteroatoms. The number of hydrogen-bond acceptors (Lipinski definition) is 5. The first-order chi connectivity index (χ1) is 12.1. The van der Waals surface area contributed by atoms with Gasteiger partial charge in [0.15, 0.2) is 5.41 Å². The topological polar surface area (TPSA) is 55.8 Å². The van der Waals surface area contributed by atoms with Gasteiger partial charge in [-0.3, -0.25) is 9.59 Å². The zero-order valence-electron chi connectivity index (χ0n) is 15.1. The molecule has 1 heterocycles. The maximum absolute atomic E-state index is 12.3. The highest BCUT2D eigenvalue weighted by Crippen LogP contribution is 2.62. The molecule has 0 spiro atoms. The molecule has 1 aliphatic heterocycles. The number of esters is 2. The number of rotatable bonds is 4. The quantitative estimate of drug-likeness (QED) is 0.619. The lowest BCUT2D eigenvalue weighted by molar-refractivity contribution is -0.161. The second kappa shape index (κ2) is 7.46. The number of methoxy groups -OCH3 is 2. The monoisotopic (exact) mass is 345 g/mol. The molecule has 0 N–H and O–H groups in total. The molecule has 0 bridgehead atoms. The van der Waals surface area contributed by atoms with Crippen molar-refractivity contribution in [2.45, 2.75) is 44.4 Å². The molecule has 1 saturated heterocycles. The molecule has 0 amide bonds. The van der Waals surface area contributed by atoms with Crippen molar-refractivity contribution in [3.8, 4) is 0 Å². The molecule has 1 aromatic carbocycles. The van der Waals surface area contributed by atoms with Gasteiger partial charge in [-0.05, 0) is 30.9 Å². The van der Waals surface area contributed by atoms with E-state index in [0.29, 0.717) is 6.42 Å². The Hall–Kier alpha value is -2.04. The molecule has 3 rings (SSSR count). The number of hydrogen-bond donors (Lipinski definition) is 0. The van der Waals surface area contributed by atoms with Crippen molar-refractivity contribution >= 4 is 17.6 Å². The molecule has 2 aliphatic rings. The molecule has 2 fully saturated rings. The van der Waals surface area contributed by atoms with Gasteiger partial charge in [0.1, 0.15) is 0 Å². The fourth-order valence-corrected chi connectivity index (χ4v) is 4.10. The number of benzene rings is 1. The van der Waals surface area contributed by atoms with Gasteiger partial charge in [-0.2, -0.15) is 0 Å². The molecule has 1 saturated carbocycles. The van der Waals surface area contributed by atoms with E-state index in [1.54, 1.807) is 0 Å². The van der Waals surface area contributed by atoms with Crippen LogP contribution in [0.2, 0.25) is 0 Å². The fraction of sp³-hybridized carbons (Fsp3) is 0.600. The standard InChI is InChI=1S/C20H27NO4/c1-24-18(22)20(19(23)25-2)14-16(20)15-10-6-7-11-17(15)21-12-8-4-3-5-9-13-21/h6-7,10-11,16H,3-5,8-9,12-14H2,1-2H3. The Labute approximate surface area is 149 Å². The van der Waals surface area contributed by atoms with E-state index >= 15 is 0 Å². The highest BCUT2D eigenvalue weighted by molar-refractivity contribution is 6.05. The largest absolute Gasteiger partial charge is 0.468 e. The summed E-state index contributed by atoms with van der Waals surface area (Å²) in [5.41, 5.74) is 1.02. The molecule has 1 aromatic rings. The van der Waals surface area contributed by atoms with Gasteiger partial charge in [0.25, 0.3) is 0 Å². The van der Waals surface area contributed by atoms with Crippen LogP contribution < -0.4 is 4.90 Å². The number of para-hydroxylation sites is 1. The van der Waals surface area contributed by atoms with Crippen LogP contribution in [-0.2, 0) is 19.1 Å². The van der Waals surface area contributed by atoms with Crippen LogP contribution in [0.15, 0.2) is 24.3 Å². The van der Waals surface area contributed by atoms with Crippen molar-refractivity contribution in [3.63, 3.8) is 0 Å². The van der Waals surface area contributed by atoms with Gasteiger partial charge in [-0.15, -0.1) is 0 Å². The molecule has 1 aliphatic carbocycles.